The molecule has 0 saturated carbocycles. The molecule has 2 N–H and O–H groups in total. The number of phenols is 1. The second kappa shape index (κ2) is 9.66. The lowest BCUT2D eigenvalue weighted by Crippen LogP contribution is -2.19. The summed E-state index contributed by atoms with van der Waals surface area (Å²) < 4.78 is 6.46. The van der Waals surface area contributed by atoms with Crippen molar-refractivity contribution in [2.45, 2.75) is 6.61 Å². The number of amides is 1. The Morgan fingerprint density at radius 2 is 1.93 bits per heavy atom. The highest BCUT2D eigenvalue weighted by atomic mass is 79.9. The van der Waals surface area contributed by atoms with E-state index in [1.54, 1.807) is 18.2 Å². The number of hydrazone groups is 1. The van der Waals surface area contributed by atoms with Crippen molar-refractivity contribution in [1.29, 1.82) is 0 Å². The minimum atomic E-state index is -0.590. The molecular weight excluding hydrogens is 454 g/mol. The summed E-state index contributed by atoms with van der Waals surface area (Å²) in [6.07, 6.45) is 1.13. The Balaban J connectivity index is 1.73. The Morgan fingerprint density at radius 1 is 1.17 bits per heavy atom. The fourth-order valence-corrected chi connectivity index (χ4v) is 2.88. The number of non-ortho nitro benzene ring substituents is 1. The molecule has 0 spiro atoms. The molecule has 8 nitrogen and oxygen atoms in total. The number of nitrogens with one attached hydrogen (secondary N) is 1. The standard InChI is InChI=1S/C21H16BrN3O5/c22-16-6-9-20(30-13-14-4-2-1-3-5-14)18(11-16)21(27)24-23-12-15-10-17(25(28)29)7-8-19(15)26/h1-12,26H,13H2,(H,24,27)/b23-12-. The number of nitro benzene ring substituents is 1. The summed E-state index contributed by atoms with van der Waals surface area (Å²) in [5.41, 5.74) is 3.43. The van der Waals surface area contributed by atoms with Gasteiger partial charge in [0.2, 0.25) is 0 Å². The van der Waals surface area contributed by atoms with Crippen molar-refractivity contribution >= 4 is 33.7 Å². The number of aromatic hydroxyl groups is 1. The van der Waals surface area contributed by atoms with Gasteiger partial charge in [-0.25, -0.2) is 5.43 Å². The molecule has 0 radical (unpaired) electrons. The van der Waals surface area contributed by atoms with Gasteiger partial charge in [0.25, 0.3) is 11.6 Å². The van der Waals surface area contributed by atoms with E-state index in [1.165, 1.54) is 12.1 Å². The predicted molar refractivity (Wildman–Crippen MR) is 115 cm³/mol. The first-order valence-electron chi connectivity index (χ1n) is 8.71. The minimum Gasteiger partial charge on any atom is -0.507 e. The lowest BCUT2D eigenvalue weighted by molar-refractivity contribution is -0.384. The first-order valence-corrected chi connectivity index (χ1v) is 9.50. The Bertz CT molecular complexity index is 1100. The summed E-state index contributed by atoms with van der Waals surface area (Å²) in [7, 11) is 0. The lowest BCUT2D eigenvalue weighted by Gasteiger charge is -2.11. The van der Waals surface area contributed by atoms with E-state index in [-0.39, 0.29) is 29.2 Å². The summed E-state index contributed by atoms with van der Waals surface area (Å²) in [5, 5.41) is 24.5. The second-order valence-electron chi connectivity index (χ2n) is 6.11. The molecule has 0 bridgehead atoms. The fraction of sp³-hybridized carbons (Fsp3) is 0.0476. The number of carbonyl (C=O) groups excluding carboxylic acids is 1. The number of halogens is 1. The van der Waals surface area contributed by atoms with Gasteiger partial charge in [-0.2, -0.15) is 5.10 Å². The van der Waals surface area contributed by atoms with E-state index in [0.29, 0.717) is 10.2 Å². The third kappa shape index (κ3) is 5.42. The van der Waals surface area contributed by atoms with Crippen LogP contribution in [0.4, 0.5) is 5.69 Å². The summed E-state index contributed by atoms with van der Waals surface area (Å²) in [6, 6.07) is 18.0. The summed E-state index contributed by atoms with van der Waals surface area (Å²) in [5.74, 6) is -0.374. The van der Waals surface area contributed by atoms with Gasteiger partial charge in [0, 0.05) is 22.2 Å². The van der Waals surface area contributed by atoms with Gasteiger partial charge in [0.1, 0.15) is 18.1 Å². The normalized spacial score (nSPS) is 10.7. The number of ether oxygens (including phenoxy) is 1. The van der Waals surface area contributed by atoms with Crippen LogP contribution in [0.25, 0.3) is 0 Å². The van der Waals surface area contributed by atoms with E-state index < -0.39 is 10.8 Å². The van der Waals surface area contributed by atoms with Gasteiger partial charge >= 0.3 is 0 Å². The summed E-state index contributed by atoms with van der Waals surface area (Å²) in [4.78, 5) is 22.8. The van der Waals surface area contributed by atoms with Crippen LogP contribution in [0.15, 0.2) is 76.3 Å². The largest absolute Gasteiger partial charge is 0.507 e. The molecule has 0 saturated heterocycles. The smallest absolute Gasteiger partial charge is 0.275 e. The lowest BCUT2D eigenvalue weighted by atomic mass is 10.2. The molecule has 0 atom stereocenters. The maximum Gasteiger partial charge on any atom is 0.275 e. The topological polar surface area (TPSA) is 114 Å². The first-order chi connectivity index (χ1) is 14.4. The maximum absolute atomic E-state index is 12.6. The van der Waals surface area contributed by atoms with E-state index in [1.807, 2.05) is 30.3 Å². The molecule has 0 aliphatic rings. The van der Waals surface area contributed by atoms with Crippen molar-refractivity contribution in [2.24, 2.45) is 5.10 Å². The van der Waals surface area contributed by atoms with Crippen LogP contribution in [0.2, 0.25) is 0 Å². The van der Waals surface area contributed by atoms with Gasteiger partial charge in [0.05, 0.1) is 16.7 Å². The number of carbonyl (C=O) groups is 1. The fourth-order valence-electron chi connectivity index (χ4n) is 2.52. The molecule has 0 aliphatic heterocycles. The minimum absolute atomic E-state index is 0.0966. The summed E-state index contributed by atoms with van der Waals surface area (Å²) >= 11 is 3.33. The molecule has 0 heterocycles. The quantitative estimate of drug-likeness (QED) is 0.302. The van der Waals surface area contributed by atoms with Crippen LogP contribution < -0.4 is 10.2 Å². The van der Waals surface area contributed by atoms with Crippen LogP contribution in [0, 0.1) is 10.1 Å². The maximum atomic E-state index is 12.6. The van der Waals surface area contributed by atoms with Gasteiger partial charge in [0.15, 0.2) is 0 Å². The average Bonchev–Trinajstić information content (AvgIpc) is 2.74. The second-order valence-corrected chi connectivity index (χ2v) is 7.03. The third-order valence-corrected chi connectivity index (χ3v) is 4.51. The Hall–Kier alpha value is -3.72. The number of hydrogen-bond donors (Lipinski definition) is 2. The van der Waals surface area contributed by atoms with Gasteiger partial charge in [-0.3, -0.25) is 14.9 Å². The molecule has 3 aromatic rings. The van der Waals surface area contributed by atoms with E-state index in [4.69, 9.17) is 4.74 Å². The van der Waals surface area contributed by atoms with Crippen molar-refractivity contribution in [3.8, 4) is 11.5 Å². The molecule has 3 rings (SSSR count). The van der Waals surface area contributed by atoms with Gasteiger partial charge in [-0.05, 0) is 29.8 Å². The van der Waals surface area contributed by atoms with Crippen LogP contribution in [-0.4, -0.2) is 22.2 Å². The Labute approximate surface area is 180 Å². The van der Waals surface area contributed by atoms with Crippen LogP contribution in [0.5, 0.6) is 11.5 Å². The number of phenolic OH excluding ortho intramolecular Hbond substituents is 1. The van der Waals surface area contributed by atoms with E-state index in [0.717, 1.165) is 17.8 Å². The van der Waals surface area contributed by atoms with Gasteiger partial charge in [-0.15, -0.1) is 0 Å². The molecule has 0 aliphatic carbocycles. The highest BCUT2D eigenvalue weighted by Crippen LogP contribution is 2.24. The van der Waals surface area contributed by atoms with E-state index >= 15 is 0 Å². The molecule has 0 fully saturated rings. The number of benzene rings is 3. The Kier molecular flexibility index (Phi) is 6.76. The van der Waals surface area contributed by atoms with E-state index in [2.05, 4.69) is 26.5 Å². The molecule has 0 aromatic heterocycles. The number of hydrogen-bond acceptors (Lipinski definition) is 6. The number of nitro groups is 1. The number of nitrogens with zero attached hydrogens (tertiary/aromatic N) is 2. The highest BCUT2D eigenvalue weighted by molar-refractivity contribution is 9.10. The molecule has 3 aromatic carbocycles. The zero-order valence-electron chi connectivity index (χ0n) is 15.5. The van der Waals surface area contributed by atoms with Crippen molar-refractivity contribution in [3.63, 3.8) is 0 Å². The Morgan fingerprint density at radius 3 is 2.67 bits per heavy atom. The van der Waals surface area contributed by atoms with Gasteiger partial charge < -0.3 is 9.84 Å². The van der Waals surface area contributed by atoms with Crippen molar-refractivity contribution in [1.82, 2.24) is 5.43 Å². The highest BCUT2D eigenvalue weighted by Gasteiger charge is 2.14. The van der Waals surface area contributed by atoms with Gasteiger partial charge in [-0.1, -0.05) is 46.3 Å². The van der Waals surface area contributed by atoms with Crippen LogP contribution in [0.1, 0.15) is 21.5 Å². The predicted octanol–water partition coefficient (Wildman–Crippen LogP) is 4.41. The zero-order chi connectivity index (χ0) is 21.5. The third-order valence-electron chi connectivity index (χ3n) is 4.02. The molecular formula is C21H16BrN3O5. The summed E-state index contributed by atoms with van der Waals surface area (Å²) in [6.45, 7) is 0.285. The monoisotopic (exact) mass is 469 g/mol. The molecule has 9 heteroatoms. The first kappa shape index (κ1) is 21.0. The van der Waals surface area contributed by atoms with Crippen LogP contribution >= 0.6 is 15.9 Å². The van der Waals surface area contributed by atoms with Crippen LogP contribution in [0.3, 0.4) is 0 Å². The average molecular weight is 470 g/mol. The molecule has 0 unspecified atom stereocenters. The molecule has 1 amide bonds. The SMILES string of the molecule is O=C(N/N=C\c1cc([N+](=O)[O-])ccc1O)c1cc(Br)ccc1OCc1ccccc1. The number of rotatable bonds is 7. The van der Waals surface area contributed by atoms with Crippen molar-refractivity contribution in [3.05, 3.63) is 98.0 Å². The molecule has 30 heavy (non-hydrogen) atoms. The molecule has 152 valence electrons. The van der Waals surface area contributed by atoms with Crippen molar-refractivity contribution in [2.75, 3.05) is 0 Å². The zero-order valence-corrected chi connectivity index (χ0v) is 17.1. The van der Waals surface area contributed by atoms with Crippen molar-refractivity contribution < 1.29 is 19.6 Å². The van der Waals surface area contributed by atoms with E-state index in [9.17, 15) is 20.0 Å². The van der Waals surface area contributed by atoms with Crippen LogP contribution in [-0.2, 0) is 6.61 Å².